The minimum atomic E-state index is -3.16. The van der Waals surface area contributed by atoms with Gasteiger partial charge < -0.3 is 19.5 Å². The maximum Gasteiger partial charge on any atom is 0.407 e. The average molecular weight is 376 g/mol. The topological polar surface area (TPSA) is 99.9 Å². The van der Waals surface area contributed by atoms with Gasteiger partial charge in [0.1, 0.15) is 5.60 Å². The first-order valence-electron chi connectivity index (χ1n) is 7.77. The minimum absolute atomic E-state index is 0.00383. The Bertz CT molecular complexity index is 634. The highest BCUT2D eigenvalue weighted by atomic mass is 19.3. The van der Waals surface area contributed by atoms with E-state index in [9.17, 15) is 23.7 Å². The molecule has 1 unspecified atom stereocenters. The SMILES string of the molecule is CC(COCc1ccc(OC(F)F)c([N+](=O)[O-])c1)NC(=O)OC(C)(C)C. The lowest BCUT2D eigenvalue weighted by molar-refractivity contribution is -0.386. The van der Waals surface area contributed by atoms with E-state index in [1.807, 2.05) is 0 Å². The predicted octanol–water partition coefficient (Wildman–Crippen LogP) is 3.63. The van der Waals surface area contributed by atoms with Gasteiger partial charge in [-0.1, -0.05) is 6.07 Å². The summed E-state index contributed by atoms with van der Waals surface area (Å²) >= 11 is 0. The second-order valence-corrected chi connectivity index (χ2v) is 6.50. The van der Waals surface area contributed by atoms with E-state index >= 15 is 0 Å². The molecule has 1 aromatic carbocycles. The van der Waals surface area contributed by atoms with Crippen LogP contribution in [0.2, 0.25) is 0 Å². The van der Waals surface area contributed by atoms with Crippen molar-refractivity contribution in [2.24, 2.45) is 0 Å². The quantitative estimate of drug-likeness (QED) is 0.549. The van der Waals surface area contributed by atoms with Gasteiger partial charge in [-0.25, -0.2) is 4.79 Å². The van der Waals surface area contributed by atoms with Gasteiger partial charge in [0.2, 0.25) is 5.75 Å². The van der Waals surface area contributed by atoms with Gasteiger partial charge in [-0.2, -0.15) is 8.78 Å². The fourth-order valence-electron chi connectivity index (χ4n) is 1.90. The Morgan fingerprint density at radius 2 is 2.00 bits per heavy atom. The number of alkyl carbamates (subject to hydrolysis) is 1. The molecule has 1 atom stereocenters. The van der Waals surface area contributed by atoms with Crippen LogP contribution in [0.3, 0.4) is 0 Å². The summed E-state index contributed by atoms with van der Waals surface area (Å²) in [6.45, 7) is 3.88. The number of alkyl halides is 2. The molecule has 0 aliphatic heterocycles. The molecule has 0 aliphatic rings. The molecular weight excluding hydrogens is 354 g/mol. The number of hydrogen-bond acceptors (Lipinski definition) is 6. The van der Waals surface area contributed by atoms with E-state index in [-0.39, 0.29) is 19.3 Å². The first-order chi connectivity index (χ1) is 12.0. The number of nitrogens with zero attached hydrogens (tertiary/aromatic N) is 1. The van der Waals surface area contributed by atoms with Crippen LogP contribution in [-0.4, -0.2) is 35.9 Å². The molecule has 1 amide bonds. The lowest BCUT2D eigenvalue weighted by Crippen LogP contribution is -2.39. The molecule has 0 heterocycles. The normalized spacial score (nSPS) is 12.6. The van der Waals surface area contributed by atoms with Gasteiger partial charge in [0.05, 0.1) is 24.2 Å². The van der Waals surface area contributed by atoms with Crippen LogP contribution in [0.1, 0.15) is 33.3 Å². The Morgan fingerprint density at radius 3 is 2.54 bits per heavy atom. The Hall–Kier alpha value is -2.49. The van der Waals surface area contributed by atoms with Crippen LogP contribution in [0.15, 0.2) is 18.2 Å². The molecule has 146 valence electrons. The highest BCUT2D eigenvalue weighted by Gasteiger charge is 2.20. The van der Waals surface area contributed by atoms with Crippen molar-refractivity contribution in [3.63, 3.8) is 0 Å². The van der Waals surface area contributed by atoms with Gasteiger partial charge in [0.15, 0.2) is 0 Å². The van der Waals surface area contributed by atoms with Crippen LogP contribution < -0.4 is 10.1 Å². The maximum absolute atomic E-state index is 12.2. The molecule has 1 N–H and O–H groups in total. The summed E-state index contributed by atoms with van der Waals surface area (Å²) in [6.07, 6.45) is -0.585. The highest BCUT2D eigenvalue weighted by molar-refractivity contribution is 5.68. The highest BCUT2D eigenvalue weighted by Crippen LogP contribution is 2.29. The van der Waals surface area contributed by atoms with Crippen LogP contribution in [0, 0.1) is 10.1 Å². The molecule has 0 spiro atoms. The molecule has 0 bridgehead atoms. The van der Waals surface area contributed by atoms with E-state index in [0.717, 1.165) is 12.1 Å². The van der Waals surface area contributed by atoms with Gasteiger partial charge in [-0.15, -0.1) is 0 Å². The van der Waals surface area contributed by atoms with Crippen molar-refractivity contribution < 1.29 is 32.7 Å². The second kappa shape index (κ2) is 9.27. The standard InChI is InChI=1S/C16H22F2N2O6/c1-10(19-15(21)26-16(2,3)4)8-24-9-11-5-6-13(25-14(17)18)12(7-11)20(22)23/h5-7,10,14H,8-9H2,1-4H3,(H,19,21). The number of benzene rings is 1. The minimum Gasteiger partial charge on any atom is -0.444 e. The zero-order chi connectivity index (χ0) is 19.9. The van der Waals surface area contributed by atoms with Gasteiger partial charge in [0.25, 0.3) is 0 Å². The van der Waals surface area contributed by atoms with Crippen molar-refractivity contribution in [1.29, 1.82) is 0 Å². The molecule has 1 rings (SSSR count). The monoisotopic (exact) mass is 376 g/mol. The number of carbonyl (C=O) groups excluding carboxylic acids is 1. The van der Waals surface area contributed by atoms with Gasteiger partial charge >= 0.3 is 18.4 Å². The van der Waals surface area contributed by atoms with Gasteiger partial charge in [-0.05, 0) is 39.3 Å². The summed E-state index contributed by atoms with van der Waals surface area (Å²) in [4.78, 5) is 21.7. The number of halogens is 2. The largest absolute Gasteiger partial charge is 0.444 e. The smallest absolute Gasteiger partial charge is 0.407 e. The summed E-state index contributed by atoms with van der Waals surface area (Å²) < 4.78 is 39.1. The van der Waals surface area contributed by atoms with Crippen LogP contribution in [-0.2, 0) is 16.1 Å². The lowest BCUT2D eigenvalue weighted by atomic mass is 10.2. The van der Waals surface area contributed by atoms with E-state index in [0.29, 0.717) is 5.56 Å². The molecule has 10 heteroatoms. The van der Waals surface area contributed by atoms with Gasteiger partial charge in [-0.3, -0.25) is 10.1 Å². The molecule has 0 aliphatic carbocycles. The van der Waals surface area contributed by atoms with Crippen LogP contribution in [0.4, 0.5) is 19.3 Å². The number of amides is 1. The molecule has 0 radical (unpaired) electrons. The number of hydrogen-bond donors (Lipinski definition) is 1. The Kier molecular flexibility index (Phi) is 7.69. The maximum atomic E-state index is 12.2. The summed E-state index contributed by atoms with van der Waals surface area (Å²) in [6, 6.07) is 3.22. The number of nitro benzene ring substituents is 1. The van der Waals surface area contributed by atoms with E-state index < -0.39 is 34.7 Å². The molecule has 1 aromatic rings. The summed E-state index contributed by atoms with van der Waals surface area (Å²) in [5.41, 5.74) is -0.792. The molecule has 8 nitrogen and oxygen atoms in total. The summed E-state index contributed by atoms with van der Waals surface area (Å²) in [7, 11) is 0. The third kappa shape index (κ3) is 8.06. The van der Waals surface area contributed by atoms with E-state index in [1.54, 1.807) is 27.7 Å². The van der Waals surface area contributed by atoms with Crippen molar-refractivity contribution in [1.82, 2.24) is 5.32 Å². The van der Waals surface area contributed by atoms with Crippen molar-refractivity contribution in [2.45, 2.75) is 52.6 Å². The van der Waals surface area contributed by atoms with E-state index in [1.165, 1.54) is 6.07 Å². The summed E-state index contributed by atoms with van der Waals surface area (Å²) in [5.74, 6) is -0.520. The number of ether oxygens (including phenoxy) is 3. The number of rotatable bonds is 8. The number of nitrogens with one attached hydrogen (secondary N) is 1. The Morgan fingerprint density at radius 1 is 1.35 bits per heavy atom. The average Bonchev–Trinajstić information content (AvgIpc) is 2.45. The van der Waals surface area contributed by atoms with Crippen molar-refractivity contribution in [3.8, 4) is 5.75 Å². The third-order valence-corrected chi connectivity index (χ3v) is 2.84. The third-order valence-electron chi connectivity index (χ3n) is 2.84. The fraction of sp³-hybridized carbons (Fsp3) is 0.562. The molecular formula is C16H22F2N2O6. The second-order valence-electron chi connectivity index (χ2n) is 6.50. The van der Waals surface area contributed by atoms with E-state index in [2.05, 4.69) is 10.1 Å². The van der Waals surface area contributed by atoms with Crippen LogP contribution >= 0.6 is 0 Å². The van der Waals surface area contributed by atoms with Crippen molar-refractivity contribution in [2.75, 3.05) is 6.61 Å². The van der Waals surface area contributed by atoms with Crippen molar-refractivity contribution >= 4 is 11.8 Å². The number of carbonyl (C=O) groups is 1. The predicted molar refractivity (Wildman–Crippen MR) is 88.2 cm³/mol. The fourth-order valence-corrected chi connectivity index (χ4v) is 1.90. The van der Waals surface area contributed by atoms with Gasteiger partial charge in [0, 0.05) is 6.07 Å². The van der Waals surface area contributed by atoms with Crippen molar-refractivity contribution in [3.05, 3.63) is 33.9 Å². The Labute approximate surface area is 149 Å². The summed E-state index contributed by atoms with van der Waals surface area (Å²) in [5, 5.41) is 13.5. The first kappa shape index (κ1) is 21.6. The molecule has 0 saturated carbocycles. The lowest BCUT2D eigenvalue weighted by Gasteiger charge is -2.22. The first-order valence-corrected chi connectivity index (χ1v) is 7.77. The van der Waals surface area contributed by atoms with Crippen LogP contribution in [0.5, 0.6) is 5.75 Å². The number of nitro groups is 1. The Balaban J connectivity index is 2.56. The molecule has 0 aromatic heterocycles. The molecule has 26 heavy (non-hydrogen) atoms. The zero-order valence-corrected chi connectivity index (χ0v) is 15.0. The zero-order valence-electron chi connectivity index (χ0n) is 15.0. The molecule has 0 fully saturated rings. The molecule has 0 saturated heterocycles. The van der Waals surface area contributed by atoms with E-state index in [4.69, 9.17) is 9.47 Å². The van der Waals surface area contributed by atoms with Crippen LogP contribution in [0.25, 0.3) is 0 Å².